The van der Waals surface area contributed by atoms with Crippen LogP contribution in [0.1, 0.15) is 36.7 Å². The molecular formula is C22H28N2O6S. The van der Waals surface area contributed by atoms with Crippen molar-refractivity contribution in [3.63, 3.8) is 0 Å². The summed E-state index contributed by atoms with van der Waals surface area (Å²) < 4.78 is 37.0. The van der Waals surface area contributed by atoms with Gasteiger partial charge in [0.1, 0.15) is 5.75 Å². The van der Waals surface area contributed by atoms with Crippen LogP contribution >= 0.6 is 0 Å². The van der Waals surface area contributed by atoms with Crippen LogP contribution in [0.3, 0.4) is 0 Å². The van der Waals surface area contributed by atoms with E-state index in [0.29, 0.717) is 5.75 Å². The van der Waals surface area contributed by atoms with Crippen LogP contribution in [0.2, 0.25) is 0 Å². The summed E-state index contributed by atoms with van der Waals surface area (Å²) in [7, 11) is -0.739. The number of para-hydroxylation sites is 1. The summed E-state index contributed by atoms with van der Waals surface area (Å²) in [6.45, 7) is 5.16. The highest BCUT2D eigenvalue weighted by molar-refractivity contribution is 7.89. The second kappa shape index (κ2) is 10.4. The average molecular weight is 449 g/mol. The summed E-state index contributed by atoms with van der Waals surface area (Å²) in [5.74, 6) is -0.636. The molecule has 9 heteroatoms. The van der Waals surface area contributed by atoms with Crippen molar-refractivity contribution in [1.29, 1.82) is 0 Å². The zero-order valence-electron chi connectivity index (χ0n) is 18.3. The van der Waals surface area contributed by atoms with Crippen molar-refractivity contribution in [1.82, 2.24) is 9.62 Å². The Morgan fingerprint density at radius 2 is 1.74 bits per heavy atom. The molecule has 0 heterocycles. The molecule has 0 spiro atoms. The van der Waals surface area contributed by atoms with Crippen molar-refractivity contribution in [2.75, 3.05) is 14.2 Å². The zero-order valence-corrected chi connectivity index (χ0v) is 19.1. The molecule has 0 radical (unpaired) electrons. The standard InChI is InChI=1S/C22H28N2O6S/c1-15(2)24(4)31(27,28)19-11-8-10-17(13-19)22(26)30-16(3)21(25)23-14-18-9-6-7-12-20(18)29-5/h6-13,15-16H,14H2,1-5H3,(H,23,25). The van der Waals surface area contributed by atoms with Gasteiger partial charge in [0.15, 0.2) is 6.10 Å². The Morgan fingerprint density at radius 1 is 1.06 bits per heavy atom. The number of benzene rings is 2. The van der Waals surface area contributed by atoms with Gasteiger partial charge >= 0.3 is 5.97 Å². The van der Waals surface area contributed by atoms with E-state index in [1.807, 2.05) is 18.2 Å². The van der Waals surface area contributed by atoms with Crippen LogP contribution in [-0.4, -0.2) is 50.9 Å². The van der Waals surface area contributed by atoms with Crippen LogP contribution in [-0.2, 0) is 26.1 Å². The molecule has 2 aromatic rings. The van der Waals surface area contributed by atoms with Crippen molar-refractivity contribution in [2.45, 2.75) is 44.4 Å². The predicted octanol–water partition coefficient (Wildman–Crippen LogP) is 2.59. The highest BCUT2D eigenvalue weighted by Gasteiger charge is 2.25. The monoisotopic (exact) mass is 448 g/mol. The molecule has 8 nitrogen and oxygen atoms in total. The molecule has 0 saturated carbocycles. The molecule has 1 atom stereocenters. The minimum absolute atomic E-state index is 0.0218. The molecule has 0 fully saturated rings. The number of amides is 1. The zero-order chi connectivity index (χ0) is 23.2. The van der Waals surface area contributed by atoms with Gasteiger partial charge in [-0.3, -0.25) is 4.79 Å². The molecular weight excluding hydrogens is 420 g/mol. The molecule has 0 aliphatic rings. The van der Waals surface area contributed by atoms with Gasteiger partial charge in [-0.25, -0.2) is 13.2 Å². The van der Waals surface area contributed by atoms with Gasteiger partial charge in [-0.2, -0.15) is 4.31 Å². The number of rotatable bonds is 9. The van der Waals surface area contributed by atoms with Crippen LogP contribution in [0.25, 0.3) is 0 Å². The summed E-state index contributed by atoms with van der Waals surface area (Å²) in [4.78, 5) is 24.8. The number of esters is 1. The topological polar surface area (TPSA) is 102 Å². The fourth-order valence-corrected chi connectivity index (χ4v) is 4.10. The third kappa shape index (κ3) is 6.05. The van der Waals surface area contributed by atoms with Crippen LogP contribution in [0.15, 0.2) is 53.4 Å². The van der Waals surface area contributed by atoms with E-state index >= 15 is 0 Å². The number of nitrogens with zero attached hydrogens (tertiary/aromatic N) is 1. The fourth-order valence-electron chi connectivity index (χ4n) is 2.68. The molecule has 31 heavy (non-hydrogen) atoms. The lowest BCUT2D eigenvalue weighted by Crippen LogP contribution is -2.35. The molecule has 1 N–H and O–H groups in total. The molecule has 0 aliphatic carbocycles. The summed E-state index contributed by atoms with van der Waals surface area (Å²) in [6.07, 6.45) is -1.07. The summed E-state index contributed by atoms with van der Waals surface area (Å²) in [6, 6.07) is 12.6. The first kappa shape index (κ1) is 24.4. The Bertz CT molecular complexity index is 1040. The normalized spacial score (nSPS) is 12.5. The van der Waals surface area contributed by atoms with Gasteiger partial charge in [0, 0.05) is 25.2 Å². The van der Waals surface area contributed by atoms with E-state index in [4.69, 9.17) is 9.47 Å². The Balaban J connectivity index is 2.05. The molecule has 0 bridgehead atoms. The summed E-state index contributed by atoms with van der Waals surface area (Å²) >= 11 is 0. The SMILES string of the molecule is COc1ccccc1CNC(=O)C(C)OC(=O)c1cccc(S(=O)(=O)N(C)C(C)C)c1. The van der Waals surface area contributed by atoms with Crippen molar-refractivity contribution in [3.05, 3.63) is 59.7 Å². The van der Waals surface area contributed by atoms with Gasteiger partial charge in [-0.05, 0) is 45.0 Å². The molecule has 2 aromatic carbocycles. The number of ether oxygens (including phenoxy) is 2. The third-order valence-corrected chi connectivity index (χ3v) is 6.80. The Hall–Kier alpha value is -2.91. The number of sulfonamides is 1. The lowest BCUT2D eigenvalue weighted by Gasteiger charge is -2.21. The van der Waals surface area contributed by atoms with Crippen molar-refractivity contribution >= 4 is 21.9 Å². The van der Waals surface area contributed by atoms with Gasteiger partial charge in [-0.15, -0.1) is 0 Å². The Morgan fingerprint density at radius 3 is 2.39 bits per heavy atom. The number of hydrogen-bond donors (Lipinski definition) is 1. The van der Waals surface area contributed by atoms with Crippen LogP contribution in [0.4, 0.5) is 0 Å². The Labute approximate surface area is 183 Å². The first-order chi connectivity index (χ1) is 14.6. The van der Waals surface area contributed by atoms with Gasteiger partial charge < -0.3 is 14.8 Å². The first-order valence-corrected chi connectivity index (χ1v) is 11.2. The maximum Gasteiger partial charge on any atom is 0.338 e. The van der Waals surface area contributed by atoms with E-state index in [9.17, 15) is 18.0 Å². The van der Waals surface area contributed by atoms with Gasteiger partial charge in [-0.1, -0.05) is 24.3 Å². The van der Waals surface area contributed by atoms with Gasteiger partial charge in [0.05, 0.1) is 17.6 Å². The van der Waals surface area contributed by atoms with Crippen molar-refractivity contribution < 1.29 is 27.5 Å². The van der Waals surface area contributed by atoms with E-state index in [-0.39, 0.29) is 23.0 Å². The number of nitrogens with one attached hydrogen (secondary N) is 1. The van der Waals surface area contributed by atoms with E-state index in [2.05, 4.69) is 5.32 Å². The van der Waals surface area contributed by atoms with Crippen LogP contribution in [0, 0.1) is 0 Å². The van der Waals surface area contributed by atoms with Crippen LogP contribution in [0.5, 0.6) is 5.75 Å². The predicted molar refractivity (Wildman–Crippen MR) is 116 cm³/mol. The minimum Gasteiger partial charge on any atom is -0.496 e. The minimum atomic E-state index is -3.75. The lowest BCUT2D eigenvalue weighted by atomic mass is 10.2. The summed E-state index contributed by atoms with van der Waals surface area (Å²) in [5.41, 5.74) is 0.826. The largest absolute Gasteiger partial charge is 0.496 e. The summed E-state index contributed by atoms with van der Waals surface area (Å²) in [5, 5.41) is 2.69. The highest BCUT2D eigenvalue weighted by Crippen LogP contribution is 2.19. The van der Waals surface area contributed by atoms with Crippen LogP contribution < -0.4 is 10.1 Å². The number of methoxy groups -OCH3 is 1. The molecule has 0 aromatic heterocycles. The molecule has 0 saturated heterocycles. The Kier molecular flexibility index (Phi) is 8.18. The van der Waals surface area contributed by atoms with E-state index in [0.717, 1.165) is 5.56 Å². The van der Waals surface area contributed by atoms with Crippen molar-refractivity contribution in [2.24, 2.45) is 0 Å². The first-order valence-electron chi connectivity index (χ1n) is 9.76. The quantitative estimate of drug-likeness (QED) is 0.592. The molecule has 2 rings (SSSR count). The second-order valence-electron chi connectivity index (χ2n) is 7.22. The van der Waals surface area contributed by atoms with Gasteiger partial charge in [0.2, 0.25) is 10.0 Å². The maximum absolute atomic E-state index is 12.7. The lowest BCUT2D eigenvalue weighted by molar-refractivity contribution is -0.129. The maximum atomic E-state index is 12.7. The average Bonchev–Trinajstić information content (AvgIpc) is 2.76. The fraction of sp³-hybridized carbons (Fsp3) is 0.364. The highest BCUT2D eigenvalue weighted by atomic mass is 32.2. The van der Waals surface area contributed by atoms with E-state index < -0.39 is 28.0 Å². The second-order valence-corrected chi connectivity index (χ2v) is 9.22. The smallest absolute Gasteiger partial charge is 0.338 e. The molecule has 168 valence electrons. The number of hydrogen-bond acceptors (Lipinski definition) is 6. The number of carbonyl (C=O) groups is 2. The molecule has 1 unspecified atom stereocenters. The third-order valence-electron chi connectivity index (χ3n) is 4.77. The van der Waals surface area contributed by atoms with Crippen molar-refractivity contribution in [3.8, 4) is 5.75 Å². The number of carbonyl (C=O) groups excluding carboxylic acids is 2. The van der Waals surface area contributed by atoms with E-state index in [1.165, 1.54) is 49.7 Å². The molecule has 1 amide bonds. The van der Waals surface area contributed by atoms with E-state index in [1.54, 1.807) is 19.9 Å². The molecule has 0 aliphatic heterocycles. The van der Waals surface area contributed by atoms with Gasteiger partial charge in [0.25, 0.3) is 5.91 Å².